The molecule has 2 aliphatic heterocycles. The first-order valence-electron chi connectivity index (χ1n) is 9.84. The number of amides is 1. The van der Waals surface area contributed by atoms with Gasteiger partial charge in [0.2, 0.25) is 10.0 Å². The number of methoxy groups -OCH3 is 1. The quantitative estimate of drug-likeness (QED) is 0.751. The first-order chi connectivity index (χ1) is 14.5. The van der Waals surface area contributed by atoms with Gasteiger partial charge in [-0.15, -0.1) is 0 Å². The Morgan fingerprint density at radius 2 is 1.90 bits per heavy atom. The van der Waals surface area contributed by atoms with Gasteiger partial charge in [-0.05, 0) is 43.2 Å². The minimum atomic E-state index is -3.72. The normalized spacial score (nSPS) is 18.8. The highest BCUT2D eigenvalue weighted by molar-refractivity contribution is 7.89. The third-order valence-electron chi connectivity index (χ3n) is 5.17. The molecule has 8 nitrogen and oxygen atoms in total. The second kappa shape index (κ2) is 8.53. The van der Waals surface area contributed by atoms with Crippen molar-refractivity contribution in [1.82, 2.24) is 9.62 Å². The number of ether oxygens (including phenoxy) is 3. The van der Waals surface area contributed by atoms with E-state index in [0.717, 1.165) is 12.8 Å². The Morgan fingerprint density at radius 1 is 1.17 bits per heavy atom. The zero-order valence-corrected chi connectivity index (χ0v) is 17.5. The van der Waals surface area contributed by atoms with Crippen LogP contribution in [0, 0.1) is 0 Å². The van der Waals surface area contributed by atoms with Gasteiger partial charge in [-0.25, -0.2) is 8.42 Å². The van der Waals surface area contributed by atoms with Gasteiger partial charge >= 0.3 is 0 Å². The molecule has 0 radical (unpaired) electrons. The summed E-state index contributed by atoms with van der Waals surface area (Å²) >= 11 is 0. The summed E-state index contributed by atoms with van der Waals surface area (Å²) < 4.78 is 44.1. The van der Waals surface area contributed by atoms with Gasteiger partial charge in [0.15, 0.2) is 11.5 Å². The first kappa shape index (κ1) is 20.5. The minimum Gasteiger partial charge on any atom is -0.495 e. The van der Waals surface area contributed by atoms with Crippen LogP contribution in [-0.2, 0) is 10.0 Å². The van der Waals surface area contributed by atoms with Crippen LogP contribution in [0.1, 0.15) is 23.2 Å². The van der Waals surface area contributed by atoms with Crippen molar-refractivity contribution in [1.29, 1.82) is 0 Å². The molecule has 1 atom stereocenters. The van der Waals surface area contributed by atoms with Crippen LogP contribution < -0.4 is 19.5 Å². The summed E-state index contributed by atoms with van der Waals surface area (Å²) in [6.07, 6.45) is 1.32. The van der Waals surface area contributed by atoms with Gasteiger partial charge in [-0.2, -0.15) is 4.31 Å². The Labute approximate surface area is 175 Å². The van der Waals surface area contributed by atoms with E-state index in [1.807, 2.05) is 24.3 Å². The highest BCUT2D eigenvalue weighted by Gasteiger charge is 2.31. The molecule has 2 aromatic carbocycles. The molecule has 2 aromatic rings. The molecule has 1 saturated heterocycles. The Bertz CT molecular complexity index is 1030. The summed E-state index contributed by atoms with van der Waals surface area (Å²) in [5.74, 6) is 1.13. The zero-order chi connectivity index (χ0) is 21.1. The molecule has 0 unspecified atom stereocenters. The van der Waals surface area contributed by atoms with Crippen molar-refractivity contribution in [2.45, 2.75) is 23.8 Å². The Balaban J connectivity index is 1.47. The summed E-state index contributed by atoms with van der Waals surface area (Å²) in [7, 11) is -2.31. The van der Waals surface area contributed by atoms with Crippen molar-refractivity contribution in [2.75, 3.05) is 33.4 Å². The molecule has 2 heterocycles. The molecular formula is C21H24N2O6S. The molecular weight excluding hydrogens is 408 g/mol. The Morgan fingerprint density at radius 3 is 2.63 bits per heavy atom. The number of carbonyl (C=O) groups is 1. The highest BCUT2D eigenvalue weighted by atomic mass is 32.2. The van der Waals surface area contributed by atoms with Crippen LogP contribution in [0.25, 0.3) is 0 Å². The molecule has 1 fully saturated rings. The Hall–Kier alpha value is -2.78. The molecule has 4 rings (SSSR count). The minimum absolute atomic E-state index is 0.00530. The largest absolute Gasteiger partial charge is 0.495 e. The van der Waals surface area contributed by atoms with Gasteiger partial charge in [0.05, 0.1) is 13.7 Å². The van der Waals surface area contributed by atoms with E-state index in [1.165, 1.54) is 23.5 Å². The lowest BCUT2D eigenvalue weighted by atomic mass is 10.2. The van der Waals surface area contributed by atoms with E-state index in [1.54, 1.807) is 6.07 Å². The van der Waals surface area contributed by atoms with Gasteiger partial charge in [0.25, 0.3) is 5.91 Å². The van der Waals surface area contributed by atoms with Crippen LogP contribution in [0.2, 0.25) is 0 Å². The number of nitrogens with zero attached hydrogens (tertiary/aromatic N) is 1. The molecule has 160 valence electrons. The lowest BCUT2D eigenvalue weighted by Gasteiger charge is -2.26. The fourth-order valence-corrected chi connectivity index (χ4v) is 5.26. The summed E-state index contributed by atoms with van der Waals surface area (Å²) in [5.41, 5.74) is 0.241. The maximum Gasteiger partial charge on any atom is 0.251 e. The van der Waals surface area contributed by atoms with Gasteiger partial charge < -0.3 is 19.5 Å². The van der Waals surface area contributed by atoms with E-state index >= 15 is 0 Å². The first-order valence-corrected chi connectivity index (χ1v) is 11.3. The van der Waals surface area contributed by atoms with Crippen LogP contribution in [0.5, 0.6) is 17.2 Å². The SMILES string of the molecule is COc1ccc(C(=O)NC[C@H]2COc3ccccc3O2)cc1S(=O)(=O)N1CCCC1. The molecule has 0 aliphatic carbocycles. The molecule has 0 saturated carbocycles. The molecule has 0 aromatic heterocycles. The maximum atomic E-state index is 13.0. The van der Waals surface area contributed by atoms with Crippen molar-refractivity contribution >= 4 is 15.9 Å². The lowest BCUT2D eigenvalue weighted by Crippen LogP contribution is -2.40. The number of rotatable bonds is 6. The number of para-hydroxylation sites is 2. The molecule has 0 spiro atoms. The monoisotopic (exact) mass is 432 g/mol. The molecule has 2 aliphatic rings. The summed E-state index contributed by atoms with van der Waals surface area (Å²) in [5, 5.41) is 2.79. The van der Waals surface area contributed by atoms with Crippen LogP contribution in [0.3, 0.4) is 0 Å². The summed E-state index contributed by atoms with van der Waals surface area (Å²) in [6.45, 7) is 1.49. The van der Waals surface area contributed by atoms with Gasteiger partial charge in [0, 0.05) is 18.7 Å². The van der Waals surface area contributed by atoms with Crippen molar-refractivity contribution in [3.63, 3.8) is 0 Å². The number of nitrogens with one attached hydrogen (secondary N) is 1. The second-order valence-corrected chi connectivity index (χ2v) is 9.09. The van der Waals surface area contributed by atoms with E-state index in [-0.39, 0.29) is 28.9 Å². The highest BCUT2D eigenvalue weighted by Crippen LogP contribution is 2.31. The topological polar surface area (TPSA) is 94.2 Å². The van der Waals surface area contributed by atoms with E-state index in [2.05, 4.69) is 5.32 Å². The third kappa shape index (κ3) is 4.08. The average Bonchev–Trinajstić information content (AvgIpc) is 3.33. The van der Waals surface area contributed by atoms with Crippen LogP contribution in [-0.4, -0.2) is 58.1 Å². The summed E-state index contributed by atoms with van der Waals surface area (Å²) in [6, 6.07) is 11.8. The molecule has 9 heteroatoms. The predicted octanol–water partition coefficient (Wildman–Crippen LogP) is 2.05. The smallest absolute Gasteiger partial charge is 0.251 e. The zero-order valence-electron chi connectivity index (χ0n) is 16.7. The van der Waals surface area contributed by atoms with Crippen molar-refractivity contribution in [3.8, 4) is 17.2 Å². The third-order valence-corrected chi connectivity index (χ3v) is 7.09. The second-order valence-electron chi connectivity index (χ2n) is 7.18. The van der Waals surface area contributed by atoms with Gasteiger partial charge in [-0.3, -0.25) is 4.79 Å². The van der Waals surface area contributed by atoms with Crippen molar-refractivity contribution in [3.05, 3.63) is 48.0 Å². The molecule has 1 amide bonds. The molecule has 30 heavy (non-hydrogen) atoms. The number of carbonyl (C=O) groups excluding carboxylic acids is 1. The van der Waals surface area contributed by atoms with E-state index in [4.69, 9.17) is 14.2 Å². The van der Waals surface area contributed by atoms with E-state index in [9.17, 15) is 13.2 Å². The van der Waals surface area contributed by atoms with Crippen molar-refractivity contribution in [2.24, 2.45) is 0 Å². The van der Waals surface area contributed by atoms with Crippen molar-refractivity contribution < 1.29 is 27.4 Å². The lowest BCUT2D eigenvalue weighted by molar-refractivity contribution is 0.0789. The van der Waals surface area contributed by atoms with Crippen LogP contribution >= 0.6 is 0 Å². The maximum absolute atomic E-state index is 13.0. The number of benzene rings is 2. The van der Waals surface area contributed by atoms with Gasteiger partial charge in [-0.1, -0.05) is 12.1 Å². The number of hydrogen-bond donors (Lipinski definition) is 1. The molecule has 0 bridgehead atoms. The summed E-state index contributed by atoms with van der Waals surface area (Å²) in [4.78, 5) is 12.7. The van der Waals surface area contributed by atoms with Crippen LogP contribution in [0.15, 0.2) is 47.4 Å². The Kier molecular flexibility index (Phi) is 5.83. The standard InChI is InChI=1S/C21H24N2O6S/c1-27-19-9-8-15(12-20(19)30(25,26)23-10-4-5-11-23)21(24)22-13-16-14-28-17-6-2-3-7-18(17)29-16/h2-3,6-9,12,16H,4-5,10-11,13-14H2,1H3,(H,22,24)/t16-/m0/s1. The fourth-order valence-electron chi connectivity index (χ4n) is 3.56. The number of fused-ring (bicyclic) bond motifs is 1. The van der Waals surface area contributed by atoms with E-state index < -0.39 is 15.9 Å². The average molecular weight is 432 g/mol. The van der Waals surface area contributed by atoms with E-state index in [0.29, 0.717) is 31.2 Å². The number of sulfonamides is 1. The van der Waals surface area contributed by atoms with Crippen LogP contribution in [0.4, 0.5) is 0 Å². The van der Waals surface area contributed by atoms with Gasteiger partial charge in [0.1, 0.15) is 23.4 Å². The predicted molar refractivity (Wildman–Crippen MR) is 110 cm³/mol. The fraction of sp³-hybridized carbons (Fsp3) is 0.381. The molecule has 1 N–H and O–H groups in total. The number of hydrogen-bond acceptors (Lipinski definition) is 6.